The Balaban J connectivity index is 1.91. The lowest BCUT2D eigenvalue weighted by atomic mass is 9.93. The van der Waals surface area contributed by atoms with Gasteiger partial charge in [0, 0.05) is 18.0 Å². The van der Waals surface area contributed by atoms with E-state index in [1.807, 2.05) is 22.6 Å². The zero-order valence-corrected chi connectivity index (χ0v) is 18.7. The number of aliphatic hydroxyl groups excluding tert-OH is 1. The van der Waals surface area contributed by atoms with Crippen molar-refractivity contribution in [2.45, 2.75) is 42.7 Å². The first-order chi connectivity index (χ1) is 13.6. The maximum absolute atomic E-state index is 11.9. The van der Waals surface area contributed by atoms with Crippen LogP contribution >= 0.6 is 22.6 Å². The van der Waals surface area contributed by atoms with Crippen molar-refractivity contribution < 1.29 is 18.3 Å². The molecule has 3 rings (SSSR count). The highest BCUT2D eigenvalue weighted by Crippen LogP contribution is 2.27. The number of hydrogen-bond acceptors (Lipinski definition) is 8. The minimum absolute atomic E-state index is 0.0382. The fourth-order valence-corrected chi connectivity index (χ4v) is 4.30. The van der Waals surface area contributed by atoms with E-state index in [4.69, 9.17) is 5.73 Å². The number of rotatable bonds is 6. The van der Waals surface area contributed by atoms with E-state index >= 15 is 0 Å². The number of anilines is 3. The molecule has 9 nitrogen and oxygen atoms in total. The van der Waals surface area contributed by atoms with E-state index in [2.05, 4.69) is 20.6 Å². The Labute approximate surface area is 182 Å². The van der Waals surface area contributed by atoms with E-state index in [0.29, 0.717) is 28.0 Å². The molecule has 29 heavy (non-hydrogen) atoms. The number of hydrogen-bond donors (Lipinski definition) is 4. The Hall–Kier alpha value is -1.99. The number of primary amides is 1. The van der Waals surface area contributed by atoms with Crippen molar-refractivity contribution in [3.05, 3.63) is 33.7 Å². The molecular weight excluding hydrogens is 509 g/mol. The van der Waals surface area contributed by atoms with Crippen molar-refractivity contribution in [3.8, 4) is 0 Å². The molecule has 0 bridgehead atoms. The fourth-order valence-electron chi connectivity index (χ4n) is 3.12. The van der Waals surface area contributed by atoms with E-state index in [0.717, 1.165) is 19.1 Å². The summed E-state index contributed by atoms with van der Waals surface area (Å²) in [5.41, 5.74) is 5.86. The first-order valence-corrected chi connectivity index (χ1v) is 12.0. The molecule has 0 unspecified atom stereocenters. The molecule has 1 aromatic carbocycles. The molecule has 1 aliphatic carbocycles. The molecule has 5 N–H and O–H groups in total. The van der Waals surface area contributed by atoms with Crippen LogP contribution in [0.4, 0.5) is 17.3 Å². The summed E-state index contributed by atoms with van der Waals surface area (Å²) in [6.07, 6.45) is 3.88. The largest absolute Gasteiger partial charge is 0.393 e. The first kappa shape index (κ1) is 21.7. The van der Waals surface area contributed by atoms with Crippen LogP contribution in [0.25, 0.3) is 0 Å². The average Bonchev–Trinajstić information content (AvgIpc) is 2.65. The van der Waals surface area contributed by atoms with Crippen LogP contribution < -0.4 is 16.4 Å². The summed E-state index contributed by atoms with van der Waals surface area (Å²) < 4.78 is 24.1. The lowest BCUT2D eigenvalue weighted by molar-refractivity contribution is 0.0996. The van der Waals surface area contributed by atoms with E-state index in [1.54, 1.807) is 12.1 Å². The minimum Gasteiger partial charge on any atom is -0.393 e. The van der Waals surface area contributed by atoms with Gasteiger partial charge in [-0.15, -0.1) is 0 Å². The smallest absolute Gasteiger partial charge is 0.271 e. The van der Waals surface area contributed by atoms with Crippen LogP contribution in [0.5, 0.6) is 0 Å². The predicted octanol–water partition coefficient (Wildman–Crippen LogP) is 2.04. The predicted molar refractivity (Wildman–Crippen MR) is 118 cm³/mol. The normalized spacial score (nSPS) is 19.6. The van der Waals surface area contributed by atoms with Crippen molar-refractivity contribution in [3.63, 3.8) is 0 Å². The Morgan fingerprint density at radius 1 is 1.21 bits per heavy atom. The average molecular weight is 531 g/mol. The van der Waals surface area contributed by atoms with Crippen molar-refractivity contribution in [2.75, 3.05) is 16.9 Å². The van der Waals surface area contributed by atoms with Gasteiger partial charge in [-0.25, -0.2) is 18.4 Å². The van der Waals surface area contributed by atoms with Gasteiger partial charge in [-0.05, 0) is 66.5 Å². The maximum atomic E-state index is 11.9. The number of halogens is 1. The van der Waals surface area contributed by atoms with Crippen LogP contribution in [-0.4, -0.2) is 47.8 Å². The number of aliphatic hydroxyl groups is 1. The van der Waals surface area contributed by atoms with Crippen LogP contribution in [0.2, 0.25) is 0 Å². The monoisotopic (exact) mass is 531 g/mol. The van der Waals surface area contributed by atoms with Crippen LogP contribution in [0.15, 0.2) is 29.2 Å². The van der Waals surface area contributed by atoms with Crippen molar-refractivity contribution >= 4 is 55.7 Å². The van der Waals surface area contributed by atoms with E-state index in [9.17, 15) is 18.3 Å². The highest BCUT2D eigenvalue weighted by atomic mass is 127. The molecular formula is C18H22IN5O4S. The van der Waals surface area contributed by atoms with Gasteiger partial charge in [0.05, 0.1) is 11.0 Å². The first-order valence-electron chi connectivity index (χ1n) is 9.02. The van der Waals surface area contributed by atoms with Gasteiger partial charge in [-0.1, -0.05) is 6.07 Å². The van der Waals surface area contributed by atoms with Crippen LogP contribution in [0.1, 0.15) is 36.2 Å². The number of nitrogens with one attached hydrogen (secondary N) is 2. The SMILES string of the molecule is CS(=O)(=O)c1cccc(Nc2nc(N[C@H]3CC[C@H](O)CC3)c(I)nc2C(N)=O)c1. The number of sulfone groups is 1. The van der Waals surface area contributed by atoms with Gasteiger partial charge in [0.15, 0.2) is 27.2 Å². The van der Waals surface area contributed by atoms with Crippen molar-refractivity contribution in [1.82, 2.24) is 9.97 Å². The Kier molecular flexibility index (Phi) is 6.58. The lowest BCUT2D eigenvalue weighted by Gasteiger charge is -2.27. The highest BCUT2D eigenvalue weighted by Gasteiger charge is 2.22. The quantitative estimate of drug-likeness (QED) is 0.414. The molecule has 156 valence electrons. The summed E-state index contributed by atoms with van der Waals surface area (Å²) in [4.78, 5) is 20.8. The zero-order valence-electron chi connectivity index (χ0n) is 15.7. The second kappa shape index (κ2) is 8.79. The minimum atomic E-state index is -3.38. The maximum Gasteiger partial charge on any atom is 0.271 e. The van der Waals surface area contributed by atoms with Crippen molar-refractivity contribution in [1.29, 1.82) is 0 Å². The number of nitrogens with zero attached hydrogens (tertiary/aromatic N) is 2. The second-order valence-electron chi connectivity index (χ2n) is 7.00. The summed E-state index contributed by atoms with van der Waals surface area (Å²) in [5, 5.41) is 15.9. The van der Waals surface area contributed by atoms with E-state index in [-0.39, 0.29) is 28.6 Å². The van der Waals surface area contributed by atoms with Gasteiger partial charge < -0.3 is 21.5 Å². The summed E-state index contributed by atoms with van der Waals surface area (Å²) in [5.74, 6) is -0.106. The van der Waals surface area contributed by atoms with Gasteiger partial charge in [0.2, 0.25) is 0 Å². The summed E-state index contributed by atoms with van der Waals surface area (Å²) in [6.45, 7) is 0. The molecule has 0 spiro atoms. The van der Waals surface area contributed by atoms with Gasteiger partial charge in [0.25, 0.3) is 5.91 Å². The van der Waals surface area contributed by atoms with Crippen molar-refractivity contribution in [2.24, 2.45) is 5.73 Å². The molecule has 1 amide bonds. The number of benzene rings is 1. The summed E-state index contributed by atoms with van der Waals surface area (Å²) in [6, 6.07) is 6.33. The molecule has 11 heteroatoms. The fraction of sp³-hybridized carbons (Fsp3) is 0.389. The molecule has 0 aliphatic heterocycles. The van der Waals surface area contributed by atoms with Gasteiger partial charge >= 0.3 is 0 Å². The van der Waals surface area contributed by atoms with Gasteiger partial charge in [-0.3, -0.25) is 4.79 Å². The molecule has 1 aliphatic rings. The summed E-state index contributed by atoms with van der Waals surface area (Å²) in [7, 11) is -3.38. The molecule has 0 saturated heterocycles. The third kappa shape index (κ3) is 5.54. The Morgan fingerprint density at radius 3 is 2.52 bits per heavy atom. The Morgan fingerprint density at radius 2 is 1.90 bits per heavy atom. The molecule has 2 aromatic rings. The van der Waals surface area contributed by atoms with Crippen LogP contribution in [0.3, 0.4) is 0 Å². The van der Waals surface area contributed by atoms with E-state index in [1.165, 1.54) is 12.1 Å². The second-order valence-corrected chi connectivity index (χ2v) is 10.0. The zero-order chi connectivity index (χ0) is 21.2. The number of amides is 1. The standard InChI is InChI=1S/C18H22IN5O4S/c1-29(27,28)13-4-2-3-11(9-13)22-17-14(16(20)26)23-15(19)18(24-17)21-10-5-7-12(25)8-6-10/h2-4,9-10,12,25H,5-8H2,1H3,(H2,20,26)(H2,21,22,24)/t10-,12-. The third-order valence-corrected chi connectivity index (χ3v) is 6.51. The van der Waals surface area contributed by atoms with Crippen LogP contribution in [0, 0.1) is 3.70 Å². The Bertz CT molecular complexity index is 1020. The number of carbonyl (C=O) groups excluding carboxylic acids is 1. The number of carbonyl (C=O) groups is 1. The molecule has 0 radical (unpaired) electrons. The number of nitrogens with two attached hydrogens (primary N) is 1. The highest BCUT2D eigenvalue weighted by molar-refractivity contribution is 14.1. The number of aromatic nitrogens is 2. The van der Waals surface area contributed by atoms with Gasteiger partial charge in [0.1, 0.15) is 3.70 Å². The molecule has 1 fully saturated rings. The molecule has 1 aromatic heterocycles. The molecule has 1 saturated carbocycles. The molecule has 1 heterocycles. The molecule has 0 atom stereocenters. The van der Waals surface area contributed by atoms with Gasteiger partial charge in [-0.2, -0.15) is 0 Å². The third-order valence-electron chi connectivity index (χ3n) is 4.65. The lowest BCUT2D eigenvalue weighted by Crippen LogP contribution is -2.29. The summed E-state index contributed by atoms with van der Waals surface area (Å²) >= 11 is 1.98. The van der Waals surface area contributed by atoms with E-state index < -0.39 is 15.7 Å². The topological polar surface area (TPSA) is 147 Å². The van der Waals surface area contributed by atoms with Crippen LogP contribution in [-0.2, 0) is 9.84 Å².